The van der Waals surface area contributed by atoms with Crippen LogP contribution in [-0.4, -0.2) is 68.7 Å². The van der Waals surface area contributed by atoms with Crippen LogP contribution in [0, 0.1) is 5.92 Å². The number of hydrogen-bond donors (Lipinski definition) is 1. The van der Waals surface area contributed by atoms with E-state index >= 15 is 0 Å². The van der Waals surface area contributed by atoms with Crippen LogP contribution < -0.4 is 5.32 Å². The number of ether oxygens (including phenoxy) is 1. The van der Waals surface area contributed by atoms with Crippen LogP contribution in [0.15, 0.2) is 4.99 Å². The molecule has 2 fully saturated rings. The van der Waals surface area contributed by atoms with E-state index in [9.17, 15) is 8.42 Å². The Labute approximate surface area is 182 Å². The van der Waals surface area contributed by atoms with Gasteiger partial charge in [0.05, 0.1) is 16.6 Å². The zero-order chi connectivity index (χ0) is 19.2. The Morgan fingerprint density at radius 2 is 1.96 bits per heavy atom. The van der Waals surface area contributed by atoms with Crippen LogP contribution in [0.2, 0.25) is 0 Å². The van der Waals surface area contributed by atoms with Crippen molar-refractivity contribution in [3.63, 3.8) is 0 Å². The standard InChI is InChI=1S/C19H37N3O3S.HI/c1-5-20-18(22-13-14-26(23,24)19(3,4)15-22)21-12-11-17(25-6-2)16-9-7-8-10-16;/h16-17H,5-15H2,1-4H3,(H,20,21);1H. The molecule has 1 atom stereocenters. The average molecular weight is 516 g/mol. The summed E-state index contributed by atoms with van der Waals surface area (Å²) in [5.74, 6) is 1.69. The van der Waals surface area contributed by atoms with Crippen molar-refractivity contribution in [3.05, 3.63) is 0 Å². The van der Waals surface area contributed by atoms with Gasteiger partial charge >= 0.3 is 0 Å². The molecule has 8 heteroatoms. The normalized spacial score (nSPS) is 23.7. The van der Waals surface area contributed by atoms with Gasteiger partial charge in [0.25, 0.3) is 0 Å². The molecule has 0 amide bonds. The molecule has 0 radical (unpaired) electrons. The van der Waals surface area contributed by atoms with Crippen LogP contribution in [-0.2, 0) is 14.6 Å². The molecule has 1 saturated carbocycles. The molecule has 6 nitrogen and oxygen atoms in total. The van der Waals surface area contributed by atoms with Gasteiger partial charge in [-0.2, -0.15) is 0 Å². The van der Waals surface area contributed by atoms with Gasteiger partial charge in [0.2, 0.25) is 0 Å². The Morgan fingerprint density at radius 3 is 2.52 bits per heavy atom. The number of halogens is 1. The highest BCUT2D eigenvalue weighted by molar-refractivity contribution is 14.0. The average Bonchev–Trinajstić information content (AvgIpc) is 3.10. The predicted octanol–water partition coefficient (Wildman–Crippen LogP) is 3.06. The molecule has 2 rings (SSSR count). The number of sulfone groups is 1. The van der Waals surface area contributed by atoms with E-state index in [1.165, 1.54) is 25.7 Å². The lowest BCUT2D eigenvalue weighted by Gasteiger charge is -2.39. The van der Waals surface area contributed by atoms with Crippen LogP contribution in [0.5, 0.6) is 0 Å². The van der Waals surface area contributed by atoms with E-state index in [0.717, 1.165) is 25.5 Å². The molecule has 1 N–H and O–H groups in total. The lowest BCUT2D eigenvalue weighted by molar-refractivity contribution is 0.0177. The van der Waals surface area contributed by atoms with Crippen molar-refractivity contribution in [3.8, 4) is 0 Å². The third kappa shape index (κ3) is 6.73. The summed E-state index contributed by atoms with van der Waals surface area (Å²) in [5, 5.41) is 3.33. The van der Waals surface area contributed by atoms with Crippen molar-refractivity contribution < 1.29 is 13.2 Å². The summed E-state index contributed by atoms with van der Waals surface area (Å²) in [6, 6.07) is 0. The molecule has 0 aromatic carbocycles. The van der Waals surface area contributed by atoms with Crippen LogP contribution in [0.3, 0.4) is 0 Å². The molecular weight excluding hydrogens is 477 g/mol. The maximum Gasteiger partial charge on any atom is 0.193 e. The second-order valence-electron chi connectivity index (χ2n) is 8.06. The van der Waals surface area contributed by atoms with E-state index in [0.29, 0.717) is 31.7 Å². The first-order valence-electron chi connectivity index (χ1n) is 10.2. The van der Waals surface area contributed by atoms with Crippen LogP contribution >= 0.6 is 24.0 Å². The van der Waals surface area contributed by atoms with Gasteiger partial charge in [-0.15, -0.1) is 24.0 Å². The second-order valence-corrected chi connectivity index (χ2v) is 10.8. The molecule has 1 unspecified atom stereocenters. The molecular formula is C19H38IN3O3S. The first-order valence-corrected chi connectivity index (χ1v) is 11.8. The van der Waals surface area contributed by atoms with Crippen molar-refractivity contribution in [1.82, 2.24) is 10.2 Å². The highest BCUT2D eigenvalue weighted by Gasteiger charge is 2.41. The number of aliphatic imine (C=N–C) groups is 1. The fourth-order valence-electron chi connectivity index (χ4n) is 4.05. The Balaban J connectivity index is 0.00000364. The summed E-state index contributed by atoms with van der Waals surface area (Å²) >= 11 is 0. The Bertz CT molecular complexity index is 575. The van der Waals surface area contributed by atoms with E-state index in [4.69, 9.17) is 9.73 Å². The number of nitrogens with one attached hydrogen (secondary N) is 1. The van der Waals surface area contributed by atoms with Gasteiger partial charge in [0.15, 0.2) is 15.8 Å². The Kier molecular flexibility index (Phi) is 10.3. The summed E-state index contributed by atoms with van der Waals surface area (Å²) in [5.41, 5.74) is 0. The van der Waals surface area contributed by atoms with Gasteiger partial charge in [-0.3, -0.25) is 4.99 Å². The smallest absolute Gasteiger partial charge is 0.193 e. The maximum absolute atomic E-state index is 12.2. The largest absolute Gasteiger partial charge is 0.378 e. The third-order valence-electron chi connectivity index (χ3n) is 5.66. The van der Waals surface area contributed by atoms with Gasteiger partial charge < -0.3 is 15.0 Å². The zero-order valence-electron chi connectivity index (χ0n) is 17.4. The van der Waals surface area contributed by atoms with Crippen molar-refractivity contribution in [1.29, 1.82) is 0 Å². The summed E-state index contributed by atoms with van der Waals surface area (Å²) in [6.07, 6.45) is 6.41. The first kappa shape index (κ1) is 24.9. The molecule has 0 aromatic rings. The van der Waals surface area contributed by atoms with Crippen LogP contribution in [0.1, 0.15) is 59.8 Å². The number of hydrogen-bond acceptors (Lipinski definition) is 4. The van der Waals surface area contributed by atoms with Crippen LogP contribution in [0.4, 0.5) is 0 Å². The minimum Gasteiger partial charge on any atom is -0.378 e. The fraction of sp³-hybridized carbons (Fsp3) is 0.947. The molecule has 1 heterocycles. The van der Waals surface area contributed by atoms with Crippen molar-refractivity contribution >= 4 is 39.8 Å². The number of guanidine groups is 1. The molecule has 160 valence electrons. The number of rotatable bonds is 7. The molecule has 1 aliphatic carbocycles. The van der Waals surface area contributed by atoms with E-state index in [1.54, 1.807) is 0 Å². The summed E-state index contributed by atoms with van der Waals surface area (Å²) in [4.78, 5) is 6.89. The van der Waals surface area contributed by atoms with Crippen molar-refractivity contribution in [2.75, 3.05) is 38.5 Å². The molecule has 0 bridgehead atoms. The molecule has 1 saturated heterocycles. The minimum atomic E-state index is -3.04. The van der Waals surface area contributed by atoms with Crippen LogP contribution in [0.25, 0.3) is 0 Å². The predicted molar refractivity (Wildman–Crippen MR) is 123 cm³/mol. The molecule has 27 heavy (non-hydrogen) atoms. The first-order chi connectivity index (χ1) is 12.3. The molecule has 0 aromatic heterocycles. The Morgan fingerprint density at radius 1 is 1.30 bits per heavy atom. The van der Waals surface area contributed by atoms with E-state index < -0.39 is 14.6 Å². The van der Waals surface area contributed by atoms with Gasteiger partial charge in [-0.1, -0.05) is 12.8 Å². The van der Waals surface area contributed by atoms with E-state index in [1.807, 2.05) is 20.8 Å². The quantitative estimate of drug-likeness (QED) is 0.321. The van der Waals surface area contributed by atoms with Gasteiger partial charge in [0, 0.05) is 32.8 Å². The van der Waals surface area contributed by atoms with Crippen molar-refractivity contribution in [2.45, 2.75) is 70.7 Å². The van der Waals surface area contributed by atoms with Gasteiger partial charge in [-0.25, -0.2) is 8.42 Å². The zero-order valence-corrected chi connectivity index (χ0v) is 20.5. The fourth-order valence-corrected chi connectivity index (χ4v) is 5.41. The highest BCUT2D eigenvalue weighted by atomic mass is 127. The molecule has 1 aliphatic heterocycles. The topological polar surface area (TPSA) is 71.0 Å². The second kappa shape index (κ2) is 11.2. The Hall–Kier alpha value is -0.0900. The monoisotopic (exact) mass is 515 g/mol. The maximum atomic E-state index is 12.2. The SMILES string of the molecule is CCNC(=NCCC(OCC)C1CCCC1)N1CCS(=O)(=O)C(C)(C)C1.I. The minimum absolute atomic E-state index is 0. The summed E-state index contributed by atoms with van der Waals surface area (Å²) in [7, 11) is -3.04. The van der Waals surface area contributed by atoms with Crippen molar-refractivity contribution in [2.24, 2.45) is 10.9 Å². The lowest BCUT2D eigenvalue weighted by Crippen LogP contribution is -2.57. The lowest BCUT2D eigenvalue weighted by atomic mass is 9.98. The third-order valence-corrected chi connectivity index (χ3v) is 8.19. The summed E-state index contributed by atoms with van der Waals surface area (Å²) in [6.45, 7) is 11.0. The van der Waals surface area contributed by atoms with E-state index in [-0.39, 0.29) is 29.7 Å². The van der Waals surface area contributed by atoms with Gasteiger partial charge in [0.1, 0.15) is 0 Å². The number of nitrogens with zero attached hydrogens (tertiary/aromatic N) is 2. The molecule has 0 spiro atoms. The van der Waals surface area contributed by atoms with E-state index in [2.05, 4.69) is 17.1 Å². The van der Waals surface area contributed by atoms with Gasteiger partial charge in [-0.05, 0) is 52.9 Å². The summed E-state index contributed by atoms with van der Waals surface area (Å²) < 4.78 is 29.8. The highest BCUT2D eigenvalue weighted by Crippen LogP contribution is 2.31. The molecule has 2 aliphatic rings.